The van der Waals surface area contributed by atoms with E-state index in [1.54, 1.807) is 24.5 Å². The summed E-state index contributed by atoms with van der Waals surface area (Å²) in [6.45, 7) is 8.78. The van der Waals surface area contributed by atoms with Gasteiger partial charge in [-0.2, -0.15) is 10.2 Å². The molecule has 36 heavy (non-hydrogen) atoms. The summed E-state index contributed by atoms with van der Waals surface area (Å²) in [4.78, 5) is 3.96. The van der Waals surface area contributed by atoms with Gasteiger partial charge in [-0.15, -0.1) is 0 Å². The number of rotatable bonds is 10. The second kappa shape index (κ2) is 11.7. The molecule has 0 spiro atoms. The largest absolute Gasteiger partial charge is 0.265 e. The van der Waals surface area contributed by atoms with Gasteiger partial charge in [0, 0.05) is 32.5 Å². The topological polar surface area (TPSA) is 75.0 Å². The molecule has 0 bridgehead atoms. The maximum Gasteiger partial charge on any atom is 0.218 e. The molecule has 1 fully saturated rings. The van der Waals surface area contributed by atoms with Crippen LogP contribution in [0.5, 0.6) is 0 Å². The number of benzene rings is 1. The van der Waals surface area contributed by atoms with Crippen LogP contribution < -0.4 is 0 Å². The molecule has 1 aliphatic rings. The summed E-state index contributed by atoms with van der Waals surface area (Å²) < 4.78 is 57.7. The lowest BCUT2D eigenvalue weighted by atomic mass is 9.73. The first-order chi connectivity index (χ1) is 17.0. The first-order valence-corrected chi connectivity index (χ1v) is 14.0. The van der Waals surface area contributed by atoms with Gasteiger partial charge in [0.1, 0.15) is 11.6 Å². The van der Waals surface area contributed by atoms with Crippen molar-refractivity contribution in [3.8, 4) is 0 Å². The van der Waals surface area contributed by atoms with E-state index < -0.39 is 27.1 Å². The van der Waals surface area contributed by atoms with E-state index in [1.165, 1.54) is 29.6 Å². The quantitative estimate of drug-likeness (QED) is 0.345. The normalized spacial score (nSPS) is 23.3. The van der Waals surface area contributed by atoms with E-state index in [1.807, 2.05) is 13.0 Å². The monoisotopic (exact) mass is 518 g/mol. The second-order valence-corrected chi connectivity index (χ2v) is 12.1. The van der Waals surface area contributed by atoms with Crippen LogP contribution in [0, 0.1) is 34.8 Å². The zero-order valence-corrected chi connectivity index (χ0v) is 22.5. The minimum absolute atomic E-state index is 0.108. The van der Waals surface area contributed by atoms with E-state index in [-0.39, 0.29) is 28.8 Å². The molecule has 1 aromatic heterocycles. The smallest absolute Gasteiger partial charge is 0.218 e. The van der Waals surface area contributed by atoms with E-state index in [0.717, 1.165) is 12.8 Å². The highest BCUT2D eigenvalue weighted by molar-refractivity contribution is 7.88. The fraction of sp³-hybridized carbons (Fsp3) is 0.519. The van der Waals surface area contributed by atoms with Gasteiger partial charge in [0.15, 0.2) is 0 Å². The number of nitrogens with zero attached hydrogens (tertiary/aromatic N) is 4. The number of hydrogen-bond donors (Lipinski definition) is 0. The Labute approximate surface area is 213 Å². The van der Waals surface area contributed by atoms with Gasteiger partial charge in [-0.3, -0.25) is 4.98 Å². The molecule has 1 aromatic carbocycles. The third-order valence-electron chi connectivity index (χ3n) is 7.32. The zero-order valence-electron chi connectivity index (χ0n) is 21.7. The highest BCUT2D eigenvalue weighted by atomic mass is 32.2. The predicted molar refractivity (Wildman–Crippen MR) is 138 cm³/mol. The van der Waals surface area contributed by atoms with E-state index in [9.17, 15) is 17.2 Å². The molecule has 0 N–H and O–H groups in total. The van der Waals surface area contributed by atoms with Gasteiger partial charge in [-0.25, -0.2) is 21.5 Å². The van der Waals surface area contributed by atoms with Crippen LogP contribution in [0.1, 0.15) is 51.7 Å². The molecule has 0 saturated heterocycles. The van der Waals surface area contributed by atoms with Gasteiger partial charge in [0.2, 0.25) is 10.0 Å². The fourth-order valence-corrected chi connectivity index (χ4v) is 7.08. The number of sulfonamides is 1. The summed E-state index contributed by atoms with van der Waals surface area (Å²) in [5, 5.41) is 7.94. The Morgan fingerprint density at radius 1 is 1.22 bits per heavy atom. The van der Waals surface area contributed by atoms with Crippen LogP contribution in [-0.2, 0) is 15.8 Å². The van der Waals surface area contributed by atoms with Crippen molar-refractivity contribution in [1.82, 2.24) is 9.29 Å². The van der Waals surface area contributed by atoms with Gasteiger partial charge in [0.05, 0.1) is 17.0 Å². The highest BCUT2D eigenvalue weighted by Gasteiger charge is 2.47. The first kappa shape index (κ1) is 28.1. The molecular formula is C27H36F2N4O2S. The Morgan fingerprint density at radius 3 is 2.42 bits per heavy atom. The predicted octanol–water partition coefficient (Wildman–Crippen LogP) is 6.32. The van der Waals surface area contributed by atoms with Gasteiger partial charge in [-0.1, -0.05) is 39.8 Å². The molecule has 6 nitrogen and oxygen atoms in total. The van der Waals surface area contributed by atoms with Crippen LogP contribution in [-0.4, -0.2) is 37.8 Å². The molecule has 2 aromatic rings. The van der Waals surface area contributed by atoms with Crippen molar-refractivity contribution < 1.29 is 17.2 Å². The van der Waals surface area contributed by atoms with Crippen molar-refractivity contribution in [3.63, 3.8) is 0 Å². The Morgan fingerprint density at radius 2 is 1.86 bits per heavy atom. The Bertz CT molecular complexity index is 1180. The number of hydrogen-bond acceptors (Lipinski definition) is 5. The molecule has 196 valence electrons. The second-order valence-electron chi connectivity index (χ2n) is 10.1. The van der Waals surface area contributed by atoms with Crippen LogP contribution in [0.3, 0.4) is 0 Å². The third-order valence-corrected chi connectivity index (χ3v) is 9.19. The summed E-state index contributed by atoms with van der Waals surface area (Å²) in [5.41, 5.74) is 0.154. The SMILES string of the molecule is CCN(CC1(C)CC[C@H](C(C)C)[C@@H]1/C=C(\N=NC)c1c(F)cccc1F)S(=O)(=O)Cc1ccncc1. The van der Waals surface area contributed by atoms with Crippen molar-refractivity contribution in [3.05, 3.63) is 71.6 Å². The maximum absolute atomic E-state index is 14.7. The highest BCUT2D eigenvalue weighted by Crippen LogP contribution is 2.52. The maximum atomic E-state index is 14.7. The van der Waals surface area contributed by atoms with Crippen LogP contribution in [0.25, 0.3) is 5.70 Å². The van der Waals surface area contributed by atoms with E-state index >= 15 is 0 Å². The Balaban J connectivity index is 2.02. The number of pyridine rings is 1. The van der Waals surface area contributed by atoms with E-state index in [2.05, 4.69) is 36.0 Å². The molecule has 0 radical (unpaired) electrons. The van der Waals surface area contributed by atoms with Gasteiger partial charge in [-0.05, 0) is 65.8 Å². The molecule has 0 amide bonds. The molecule has 1 heterocycles. The van der Waals surface area contributed by atoms with Crippen LogP contribution >= 0.6 is 0 Å². The van der Waals surface area contributed by atoms with Crippen molar-refractivity contribution in [2.24, 2.45) is 33.4 Å². The standard InChI is InChI=1S/C27H36F2N4O2S/c1-6-33(36(34,35)17-20-11-14-31-15-12-20)18-27(4)13-10-21(19(2)3)22(27)16-25(32-30-5)26-23(28)8-7-9-24(26)29/h7-9,11-12,14-16,19,21-22H,6,10,13,17-18H2,1-5H3/b25-16-,32-30?/t21-,22+,27?/m1/s1. The van der Waals surface area contributed by atoms with Crippen LogP contribution in [0.15, 0.2) is 59.0 Å². The van der Waals surface area contributed by atoms with Crippen molar-refractivity contribution in [1.29, 1.82) is 0 Å². The minimum Gasteiger partial charge on any atom is -0.265 e. The molecule has 3 atom stereocenters. The Hall–Kier alpha value is -2.52. The summed E-state index contributed by atoms with van der Waals surface area (Å²) in [6, 6.07) is 7.13. The molecule has 0 aliphatic heterocycles. The number of allylic oxidation sites excluding steroid dienone is 1. The summed E-state index contributed by atoms with van der Waals surface area (Å²) >= 11 is 0. The van der Waals surface area contributed by atoms with Crippen LogP contribution in [0.4, 0.5) is 8.78 Å². The van der Waals surface area contributed by atoms with Crippen molar-refractivity contribution >= 4 is 15.7 Å². The Kier molecular flexibility index (Phi) is 9.11. The molecule has 3 rings (SSSR count). The average Bonchev–Trinajstić information content (AvgIpc) is 3.14. The zero-order chi connectivity index (χ0) is 26.5. The lowest BCUT2D eigenvalue weighted by Crippen LogP contribution is -2.42. The minimum atomic E-state index is -3.59. The fourth-order valence-electron chi connectivity index (χ4n) is 5.39. The van der Waals surface area contributed by atoms with E-state index in [0.29, 0.717) is 24.6 Å². The molecule has 1 aliphatic carbocycles. The lowest BCUT2D eigenvalue weighted by molar-refractivity contribution is 0.173. The molecule has 1 saturated carbocycles. The summed E-state index contributed by atoms with van der Waals surface area (Å²) in [7, 11) is -2.13. The molecular weight excluding hydrogens is 482 g/mol. The van der Waals surface area contributed by atoms with Gasteiger partial charge < -0.3 is 0 Å². The molecule has 9 heteroatoms. The summed E-state index contributed by atoms with van der Waals surface area (Å²) in [5.74, 6) is -1.17. The number of halogens is 2. The van der Waals surface area contributed by atoms with Crippen LogP contribution in [0.2, 0.25) is 0 Å². The number of aromatic nitrogens is 1. The number of azo groups is 1. The van der Waals surface area contributed by atoms with Crippen molar-refractivity contribution in [2.75, 3.05) is 20.1 Å². The van der Waals surface area contributed by atoms with Crippen molar-refractivity contribution in [2.45, 2.75) is 46.3 Å². The average molecular weight is 519 g/mol. The first-order valence-electron chi connectivity index (χ1n) is 12.3. The summed E-state index contributed by atoms with van der Waals surface area (Å²) in [6.07, 6.45) is 6.65. The molecule has 1 unspecified atom stereocenters. The van der Waals surface area contributed by atoms with E-state index in [4.69, 9.17) is 0 Å². The third kappa shape index (κ3) is 6.24. The lowest BCUT2D eigenvalue weighted by Gasteiger charge is -2.37. The van der Waals surface area contributed by atoms with Gasteiger partial charge in [0.25, 0.3) is 0 Å². The van der Waals surface area contributed by atoms with Gasteiger partial charge >= 0.3 is 0 Å².